The van der Waals surface area contributed by atoms with Gasteiger partial charge in [0.25, 0.3) is 5.91 Å². The Morgan fingerprint density at radius 1 is 1.12 bits per heavy atom. The number of hydrogen-bond acceptors (Lipinski definition) is 4. The molecule has 1 heterocycles. The fourth-order valence-electron chi connectivity index (χ4n) is 2.93. The highest BCUT2D eigenvalue weighted by molar-refractivity contribution is 6.07. The number of anilines is 1. The van der Waals surface area contributed by atoms with Gasteiger partial charge in [-0.15, -0.1) is 12.4 Å². The number of para-hydroxylation sites is 1. The van der Waals surface area contributed by atoms with Gasteiger partial charge in [0.15, 0.2) is 11.5 Å². The van der Waals surface area contributed by atoms with Crippen molar-refractivity contribution in [3.05, 3.63) is 53.6 Å². The number of nitrogens with zero attached hydrogens (tertiary/aromatic N) is 1. The first-order chi connectivity index (χ1) is 11.2. The molecular formula is C18H21ClN2O3. The van der Waals surface area contributed by atoms with Crippen molar-refractivity contribution < 1.29 is 14.3 Å². The van der Waals surface area contributed by atoms with E-state index >= 15 is 0 Å². The summed E-state index contributed by atoms with van der Waals surface area (Å²) in [7, 11) is 3.13. The zero-order valence-corrected chi connectivity index (χ0v) is 14.5. The van der Waals surface area contributed by atoms with E-state index in [0.717, 1.165) is 17.7 Å². The van der Waals surface area contributed by atoms with Crippen LogP contribution in [-0.4, -0.2) is 26.7 Å². The van der Waals surface area contributed by atoms with Crippen LogP contribution in [0, 0.1) is 0 Å². The number of amides is 1. The second-order valence-corrected chi connectivity index (χ2v) is 5.48. The molecule has 6 heteroatoms. The Bertz CT molecular complexity index is 736. The number of ether oxygens (including phenoxy) is 2. The zero-order valence-electron chi connectivity index (χ0n) is 13.7. The first-order valence-electron chi connectivity index (χ1n) is 7.54. The topological polar surface area (TPSA) is 64.8 Å². The number of rotatable bonds is 3. The minimum Gasteiger partial charge on any atom is -0.493 e. The van der Waals surface area contributed by atoms with Crippen molar-refractivity contribution in [2.24, 2.45) is 5.73 Å². The van der Waals surface area contributed by atoms with Crippen molar-refractivity contribution in [2.45, 2.75) is 12.5 Å². The van der Waals surface area contributed by atoms with Gasteiger partial charge >= 0.3 is 0 Å². The lowest BCUT2D eigenvalue weighted by molar-refractivity contribution is 0.0984. The van der Waals surface area contributed by atoms with Crippen molar-refractivity contribution in [3.63, 3.8) is 0 Å². The number of nitrogens with two attached hydrogens (primary N) is 1. The van der Waals surface area contributed by atoms with Crippen LogP contribution in [0.1, 0.15) is 28.4 Å². The molecule has 0 bridgehead atoms. The molecule has 2 aromatic rings. The SMILES string of the molecule is COc1ccc(C(=O)N2CCC(N)c3ccccc32)cc1OC.Cl. The van der Waals surface area contributed by atoms with Crippen LogP contribution < -0.4 is 20.1 Å². The minimum atomic E-state index is -0.0645. The summed E-state index contributed by atoms with van der Waals surface area (Å²) in [5.74, 6) is 1.08. The molecule has 1 amide bonds. The minimum absolute atomic E-state index is 0. The third-order valence-electron chi connectivity index (χ3n) is 4.17. The Morgan fingerprint density at radius 2 is 1.83 bits per heavy atom. The molecule has 0 saturated carbocycles. The van der Waals surface area contributed by atoms with E-state index in [1.807, 2.05) is 24.3 Å². The van der Waals surface area contributed by atoms with Crippen LogP contribution in [0.15, 0.2) is 42.5 Å². The monoisotopic (exact) mass is 348 g/mol. The van der Waals surface area contributed by atoms with Gasteiger partial charge in [0.05, 0.1) is 14.2 Å². The van der Waals surface area contributed by atoms with E-state index in [1.165, 1.54) is 0 Å². The van der Waals surface area contributed by atoms with Gasteiger partial charge in [-0.25, -0.2) is 0 Å². The predicted octanol–water partition coefficient (Wildman–Crippen LogP) is 3.18. The van der Waals surface area contributed by atoms with Gasteiger partial charge in [-0.1, -0.05) is 18.2 Å². The largest absolute Gasteiger partial charge is 0.493 e. The third kappa shape index (κ3) is 3.18. The number of methoxy groups -OCH3 is 2. The Balaban J connectivity index is 0.00000208. The summed E-state index contributed by atoms with van der Waals surface area (Å²) < 4.78 is 10.5. The van der Waals surface area contributed by atoms with Gasteiger partial charge < -0.3 is 20.1 Å². The number of benzene rings is 2. The normalized spacial score (nSPS) is 16.0. The molecule has 24 heavy (non-hydrogen) atoms. The van der Waals surface area contributed by atoms with E-state index in [1.54, 1.807) is 37.3 Å². The summed E-state index contributed by atoms with van der Waals surface area (Å²) in [4.78, 5) is 14.7. The molecule has 1 unspecified atom stereocenters. The average Bonchev–Trinajstić information content (AvgIpc) is 2.61. The third-order valence-corrected chi connectivity index (χ3v) is 4.17. The second kappa shape index (κ2) is 7.55. The molecule has 0 radical (unpaired) electrons. The summed E-state index contributed by atoms with van der Waals surface area (Å²) in [5, 5.41) is 0. The molecule has 0 spiro atoms. The first-order valence-corrected chi connectivity index (χ1v) is 7.54. The number of fused-ring (bicyclic) bond motifs is 1. The lowest BCUT2D eigenvalue weighted by Crippen LogP contribution is -2.38. The second-order valence-electron chi connectivity index (χ2n) is 5.48. The summed E-state index contributed by atoms with van der Waals surface area (Å²) in [6, 6.07) is 13.0. The van der Waals surface area contributed by atoms with E-state index in [9.17, 15) is 4.79 Å². The molecule has 0 aliphatic carbocycles. The highest BCUT2D eigenvalue weighted by atomic mass is 35.5. The predicted molar refractivity (Wildman–Crippen MR) is 96.5 cm³/mol. The van der Waals surface area contributed by atoms with Gasteiger partial charge in [-0.05, 0) is 36.2 Å². The van der Waals surface area contributed by atoms with Crippen molar-refractivity contribution in [1.29, 1.82) is 0 Å². The molecule has 0 fully saturated rings. The van der Waals surface area contributed by atoms with Crippen molar-refractivity contribution in [2.75, 3.05) is 25.7 Å². The fourth-order valence-corrected chi connectivity index (χ4v) is 2.93. The molecule has 128 valence electrons. The van der Waals surface area contributed by atoms with Crippen molar-refractivity contribution >= 4 is 24.0 Å². The maximum absolute atomic E-state index is 12.9. The highest BCUT2D eigenvalue weighted by Crippen LogP contribution is 2.34. The van der Waals surface area contributed by atoms with E-state index in [0.29, 0.717) is 23.6 Å². The Hall–Kier alpha value is -2.24. The Labute approximate surface area is 147 Å². The summed E-state index contributed by atoms with van der Waals surface area (Å²) in [6.45, 7) is 0.603. The first kappa shape index (κ1) is 18.1. The fraction of sp³-hybridized carbons (Fsp3) is 0.278. The van der Waals surface area contributed by atoms with Gasteiger partial charge in [0.2, 0.25) is 0 Å². The molecule has 1 aliphatic heterocycles. The Kier molecular flexibility index (Phi) is 5.70. The number of halogens is 1. The van der Waals surface area contributed by atoms with Crippen LogP contribution in [0.2, 0.25) is 0 Å². The van der Waals surface area contributed by atoms with Crippen molar-refractivity contribution in [1.82, 2.24) is 0 Å². The summed E-state index contributed by atoms with van der Waals surface area (Å²) in [5.41, 5.74) is 8.61. The van der Waals surface area contributed by atoms with Crippen LogP contribution in [0.3, 0.4) is 0 Å². The summed E-state index contributed by atoms with van der Waals surface area (Å²) >= 11 is 0. The standard InChI is InChI=1S/C18H20N2O3.ClH/c1-22-16-8-7-12(11-17(16)23-2)18(21)20-10-9-14(19)13-5-3-4-6-15(13)20;/h3-8,11,14H,9-10,19H2,1-2H3;1H. The van der Waals surface area contributed by atoms with Crippen LogP contribution in [0.25, 0.3) is 0 Å². The molecule has 0 aromatic heterocycles. The maximum atomic E-state index is 12.9. The highest BCUT2D eigenvalue weighted by Gasteiger charge is 2.27. The smallest absolute Gasteiger partial charge is 0.258 e. The molecule has 1 aliphatic rings. The van der Waals surface area contributed by atoms with Gasteiger partial charge in [-0.2, -0.15) is 0 Å². The van der Waals surface area contributed by atoms with E-state index < -0.39 is 0 Å². The maximum Gasteiger partial charge on any atom is 0.258 e. The van der Waals surface area contributed by atoms with E-state index in [2.05, 4.69) is 0 Å². The molecular weight excluding hydrogens is 328 g/mol. The van der Waals surface area contributed by atoms with Crippen LogP contribution >= 0.6 is 12.4 Å². The number of hydrogen-bond donors (Lipinski definition) is 1. The molecule has 2 aromatic carbocycles. The number of carbonyl (C=O) groups excluding carboxylic acids is 1. The Morgan fingerprint density at radius 3 is 2.54 bits per heavy atom. The van der Waals surface area contributed by atoms with Crippen LogP contribution in [0.5, 0.6) is 11.5 Å². The summed E-state index contributed by atoms with van der Waals surface area (Å²) in [6.07, 6.45) is 0.746. The lowest BCUT2D eigenvalue weighted by atomic mass is 9.96. The molecule has 1 atom stereocenters. The van der Waals surface area contributed by atoms with E-state index in [4.69, 9.17) is 15.2 Å². The average molecular weight is 349 g/mol. The molecule has 0 saturated heterocycles. The van der Waals surface area contributed by atoms with Gasteiger partial charge in [-0.3, -0.25) is 4.79 Å². The van der Waals surface area contributed by atoms with Gasteiger partial charge in [0.1, 0.15) is 0 Å². The van der Waals surface area contributed by atoms with Gasteiger partial charge in [0, 0.05) is 23.8 Å². The zero-order chi connectivity index (χ0) is 16.4. The quantitative estimate of drug-likeness (QED) is 0.925. The molecule has 5 nitrogen and oxygen atoms in total. The van der Waals surface area contributed by atoms with Crippen LogP contribution in [-0.2, 0) is 0 Å². The molecule has 2 N–H and O–H groups in total. The lowest BCUT2D eigenvalue weighted by Gasteiger charge is -2.32. The van der Waals surface area contributed by atoms with Crippen molar-refractivity contribution in [3.8, 4) is 11.5 Å². The van der Waals surface area contributed by atoms with Crippen LogP contribution in [0.4, 0.5) is 5.69 Å². The molecule has 3 rings (SSSR count). The van der Waals surface area contributed by atoms with E-state index in [-0.39, 0.29) is 24.4 Å². The number of carbonyl (C=O) groups is 1.